The highest BCUT2D eigenvalue weighted by atomic mass is 79.9. The highest BCUT2D eigenvalue weighted by Gasteiger charge is 2.12. The van der Waals surface area contributed by atoms with Crippen molar-refractivity contribution < 1.29 is 8.78 Å². The second kappa shape index (κ2) is 6.45. The monoisotopic (exact) mass is 361 g/mol. The van der Waals surface area contributed by atoms with E-state index in [1.165, 1.54) is 0 Å². The first-order valence-electron chi connectivity index (χ1n) is 5.94. The molecule has 20 heavy (non-hydrogen) atoms. The van der Waals surface area contributed by atoms with E-state index in [1.54, 1.807) is 6.07 Å². The van der Waals surface area contributed by atoms with Gasteiger partial charge in [0.05, 0.1) is 10.7 Å². The maximum atomic E-state index is 13.7. The average molecular weight is 363 g/mol. The minimum absolute atomic E-state index is 0.0129. The van der Waals surface area contributed by atoms with Crippen LogP contribution in [0.4, 0.5) is 20.3 Å². The number of hydrogen-bond acceptors (Lipinski definition) is 3. The van der Waals surface area contributed by atoms with Gasteiger partial charge in [0.1, 0.15) is 22.1 Å². The summed E-state index contributed by atoms with van der Waals surface area (Å²) in [6, 6.07) is 3.39. The van der Waals surface area contributed by atoms with Crippen molar-refractivity contribution in [1.82, 2.24) is 9.97 Å². The molecule has 0 saturated heterocycles. The Bertz CT molecular complexity index is 614. The molecule has 0 unspecified atom stereocenters. The van der Waals surface area contributed by atoms with E-state index in [0.717, 1.165) is 18.6 Å². The fourth-order valence-electron chi connectivity index (χ4n) is 1.65. The van der Waals surface area contributed by atoms with Gasteiger partial charge in [-0.1, -0.05) is 18.5 Å². The van der Waals surface area contributed by atoms with Gasteiger partial charge in [-0.2, -0.15) is 0 Å². The molecular formula is C13H11BrClF2N3. The van der Waals surface area contributed by atoms with E-state index < -0.39 is 11.6 Å². The molecule has 1 N–H and O–H groups in total. The van der Waals surface area contributed by atoms with Gasteiger partial charge in [0.15, 0.2) is 5.82 Å². The minimum atomic E-state index is -0.776. The van der Waals surface area contributed by atoms with E-state index in [2.05, 4.69) is 31.2 Å². The quantitative estimate of drug-likeness (QED) is 0.789. The molecule has 1 aromatic carbocycles. The predicted octanol–water partition coefficient (Wildman–Crippen LogP) is 4.87. The number of rotatable bonds is 4. The van der Waals surface area contributed by atoms with Crippen LogP contribution in [0.25, 0.3) is 0 Å². The van der Waals surface area contributed by atoms with Crippen molar-refractivity contribution in [3.63, 3.8) is 0 Å². The van der Waals surface area contributed by atoms with Crippen molar-refractivity contribution in [2.75, 3.05) is 5.32 Å². The van der Waals surface area contributed by atoms with Gasteiger partial charge in [0.25, 0.3) is 0 Å². The zero-order valence-corrected chi connectivity index (χ0v) is 12.9. The maximum absolute atomic E-state index is 13.7. The van der Waals surface area contributed by atoms with Crippen molar-refractivity contribution >= 4 is 39.0 Å². The number of benzene rings is 1. The van der Waals surface area contributed by atoms with Gasteiger partial charge in [0, 0.05) is 18.6 Å². The van der Waals surface area contributed by atoms with Gasteiger partial charge >= 0.3 is 0 Å². The number of aryl methyl sites for hydroxylation is 1. The molecule has 1 aromatic heterocycles. The number of aromatic nitrogens is 2. The Morgan fingerprint density at radius 1 is 1.25 bits per heavy atom. The summed E-state index contributed by atoms with van der Waals surface area (Å²) in [4.78, 5) is 8.45. The molecule has 0 amide bonds. The first-order chi connectivity index (χ1) is 9.49. The smallest absolute Gasteiger partial charge is 0.151 e. The molecule has 0 aliphatic rings. The highest BCUT2D eigenvalue weighted by molar-refractivity contribution is 9.10. The van der Waals surface area contributed by atoms with Crippen molar-refractivity contribution in [2.24, 2.45) is 0 Å². The fourth-order valence-corrected chi connectivity index (χ4v) is 2.32. The zero-order valence-electron chi connectivity index (χ0n) is 10.6. The third-order valence-electron chi connectivity index (χ3n) is 2.47. The van der Waals surface area contributed by atoms with E-state index in [1.807, 2.05) is 6.92 Å². The van der Waals surface area contributed by atoms with Crippen LogP contribution in [-0.4, -0.2) is 9.97 Å². The van der Waals surface area contributed by atoms with E-state index in [0.29, 0.717) is 22.7 Å². The van der Waals surface area contributed by atoms with Crippen LogP contribution in [-0.2, 0) is 6.42 Å². The second-order valence-electron chi connectivity index (χ2n) is 4.11. The SMILES string of the molecule is CCCc1nc(Br)cc(Nc2c(F)cc(F)cc2Cl)n1. The predicted molar refractivity (Wildman–Crippen MR) is 78.4 cm³/mol. The molecule has 2 rings (SSSR count). The lowest BCUT2D eigenvalue weighted by molar-refractivity contribution is 0.586. The molecular weight excluding hydrogens is 352 g/mol. The van der Waals surface area contributed by atoms with Gasteiger partial charge in [-0.05, 0) is 28.4 Å². The summed E-state index contributed by atoms with van der Waals surface area (Å²) < 4.78 is 27.3. The summed E-state index contributed by atoms with van der Waals surface area (Å²) in [6.45, 7) is 2.01. The second-order valence-corrected chi connectivity index (χ2v) is 5.33. The Morgan fingerprint density at radius 2 is 2.00 bits per heavy atom. The first kappa shape index (κ1) is 15.1. The van der Waals surface area contributed by atoms with E-state index in [9.17, 15) is 8.78 Å². The van der Waals surface area contributed by atoms with Crippen LogP contribution < -0.4 is 5.32 Å². The summed E-state index contributed by atoms with van der Waals surface area (Å²) in [7, 11) is 0. The summed E-state index contributed by atoms with van der Waals surface area (Å²) in [5, 5.41) is 2.71. The maximum Gasteiger partial charge on any atom is 0.151 e. The summed E-state index contributed by atoms with van der Waals surface area (Å²) in [6.07, 6.45) is 1.59. The average Bonchev–Trinajstić information content (AvgIpc) is 2.33. The summed E-state index contributed by atoms with van der Waals surface area (Å²) in [5.41, 5.74) is -0.0129. The van der Waals surface area contributed by atoms with Gasteiger partial charge < -0.3 is 5.32 Å². The standard InChI is InChI=1S/C13H11BrClF2N3/c1-2-3-11-18-10(14)6-12(19-11)20-13-8(15)4-7(16)5-9(13)17/h4-6H,2-3H2,1H3,(H,18,19,20). The van der Waals surface area contributed by atoms with Crippen molar-refractivity contribution in [3.8, 4) is 0 Å². The number of nitrogens with one attached hydrogen (secondary N) is 1. The Kier molecular flexibility index (Phi) is 4.88. The first-order valence-corrected chi connectivity index (χ1v) is 7.11. The third-order valence-corrected chi connectivity index (χ3v) is 3.18. The highest BCUT2D eigenvalue weighted by Crippen LogP contribution is 2.29. The van der Waals surface area contributed by atoms with Gasteiger partial charge in [-0.25, -0.2) is 18.7 Å². The summed E-state index contributed by atoms with van der Waals surface area (Å²) >= 11 is 9.09. The zero-order chi connectivity index (χ0) is 14.7. The summed E-state index contributed by atoms with van der Waals surface area (Å²) in [5.74, 6) is -0.485. The molecule has 0 aliphatic heterocycles. The lowest BCUT2D eigenvalue weighted by Gasteiger charge is -2.10. The Balaban J connectivity index is 2.35. The molecule has 0 atom stereocenters. The van der Waals surface area contributed by atoms with Crippen LogP contribution in [0, 0.1) is 11.6 Å². The third kappa shape index (κ3) is 3.64. The van der Waals surface area contributed by atoms with Crippen LogP contribution in [0.2, 0.25) is 5.02 Å². The molecule has 7 heteroatoms. The van der Waals surface area contributed by atoms with Gasteiger partial charge in [0.2, 0.25) is 0 Å². The molecule has 0 saturated carbocycles. The molecule has 3 nitrogen and oxygen atoms in total. The fraction of sp³-hybridized carbons (Fsp3) is 0.231. The minimum Gasteiger partial charge on any atom is -0.336 e. The lowest BCUT2D eigenvalue weighted by Crippen LogP contribution is -2.02. The molecule has 0 bridgehead atoms. The molecule has 0 fully saturated rings. The molecule has 0 spiro atoms. The van der Waals surface area contributed by atoms with Crippen LogP contribution >= 0.6 is 27.5 Å². The van der Waals surface area contributed by atoms with Crippen LogP contribution in [0.3, 0.4) is 0 Å². The van der Waals surface area contributed by atoms with E-state index in [4.69, 9.17) is 11.6 Å². The Hall–Kier alpha value is -1.27. The van der Waals surface area contributed by atoms with Crippen molar-refractivity contribution in [2.45, 2.75) is 19.8 Å². The molecule has 2 aromatic rings. The van der Waals surface area contributed by atoms with E-state index >= 15 is 0 Å². The topological polar surface area (TPSA) is 37.8 Å². The number of halogens is 4. The van der Waals surface area contributed by atoms with Crippen LogP contribution in [0.15, 0.2) is 22.8 Å². The Morgan fingerprint density at radius 3 is 2.65 bits per heavy atom. The molecule has 1 heterocycles. The largest absolute Gasteiger partial charge is 0.336 e. The van der Waals surface area contributed by atoms with Crippen LogP contribution in [0.1, 0.15) is 19.2 Å². The van der Waals surface area contributed by atoms with Crippen molar-refractivity contribution in [3.05, 3.63) is 45.3 Å². The van der Waals surface area contributed by atoms with Crippen molar-refractivity contribution in [1.29, 1.82) is 0 Å². The normalized spacial score (nSPS) is 10.7. The van der Waals surface area contributed by atoms with Gasteiger partial charge in [-0.3, -0.25) is 0 Å². The molecule has 0 radical (unpaired) electrons. The molecule has 0 aliphatic carbocycles. The Labute approximate surface area is 128 Å². The number of hydrogen-bond donors (Lipinski definition) is 1. The van der Waals surface area contributed by atoms with E-state index in [-0.39, 0.29) is 10.7 Å². The van der Waals surface area contributed by atoms with Crippen LogP contribution in [0.5, 0.6) is 0 Å². The lowest BCUT2D eigenvalue weighted by atomic mass is 10.3. The number of anilines is 2. The van der Waals surface area contributed by atoms with Gasteiger partial charge in [-0.15, -0.1) is 0 Å². The number of nitrogens with zero attached hydrogens (tertiary/aromatic N) is 2. The molecule has 106 valence electrons.